The molecular formula is C7H5Cl2N3. The Hall–Kier alpha value is -0.820. The first-order valence-electron chi connectivity index (χ1n) is 3.12. The summed E-state index contributed by atoms with van der Waals surface area (Å²) in [5.74, 6) is 0. The molecule has 0 saturated carbocycles. The van der Waals surface area contributed by atoms with Crippen molar-refractivity contribution in [2.45, 2.75) is 6.04 Å². The molecular weight excluding hydrogens is 197 g/mol. The average molecular weight is 202 g/mol. The van der Waals surface area contributed by atoms with Crippen LogP contribution in [-0.4, -0.2) is 4.98 Å². The monoisotopic (exact) mass is 201 g/mol. The molecule has 1 aromatic heterocycles. The largest absolute Gasteiger partial charge is 0.312 e. The number of hydrogen-bond acceptors (Lipinski definition) is 3. The Bertz CT molecular complexity index is 312. The molecule has 5 heteroatoms. The molecule has 3 nitrogen and oxygen atoms in total. The zero-order valence-corrected chi connectivity index (χ0v) is 7.47. The standard InChI is InChI=1S/C7H5Cl2N3/c8-4-1-2-12-7(9)6(4)5(11)3-10/h1-2,5H,11H2. The third-order valence-electron chi connectivity index (χ3n) is 1.34. The summed E-state index contributed by atoms with van der Waals surface area (Å²) in [5.41, 5.74) is 5.80. The van der Waals surface area contributed by atoms with E-state index in [4.69, 9.17) is 34.2 Å². The lowest BCUT2D eigenvalue weighted by Crippen LogP contribution is -2.09. The fourth-order valence-electron chi connectivity index (χ4n) is 0.767. The quantitative estimate of drug-likeness (QED) is 0.707. The van der Waals surface area contributed by atoms with Gasteiger partial charge in [0, 0.05) is 11.8 Å². The topological polar surface area (TPSA) is 62.7 Å². The normalized spacial score (nSPS) is 12.2. The van der Waals surface area contributed by atoms with Crippen molar-refractivity contribution in [2.75, 3.05) is 0 Å². The zero-order valence-electron chi connectivity index (χ0n) is 5.96. The summed E-state index contributed by atoms with van der Waals surface area (Å²) >= 11 is 11.4. The van der Waals surface area contributed by atoms with Gasteiger partial charge in [-0.05, 0) is 6.07 Å². The highest BCUT2D eigenvalue weighted by Gasteiger charge is 2.13. The van der Waals surface area contributed by atoms with Gasteiger partial charge in [-0.3, -0.25) is 0 Å². The van der Waals surface area contributed by atoms with Gasteiger partial charge >= 0.3 is 0 Å². The lowest BCUT2D eigenvalue weighted by Gasteiger charge is -2.06. The number of nitriles is 1. The number of nitrogens with zero attached hydrogens (tertiary/aromatic N) is 2. The van der Waals surface area contributed by atoms with Crippen molar-refractivity contribution in [3.63, 3.8) is 0 Å². The van der Waals surface area contributed by atoms with E-state index in [2.05, 4.69) is 4.98 Å². The number of aromatic nitrogens is 1. The number of halogens is 2. The van der Waals surface area contributed by atoms with Gasteiger partial charge in [-0.1, -0.05) is 23.2 Å². The third kappa shape index (κ3) is 1.67. The molecule has 1 rings (SSSR count). The second kappa shape index (κ2) is 3.72. The van der Waals surface area contributed by atoms with E-state index in [1.807, 2.05) is 6.07 Å². The predicted octanol–water partition coefficient (Wildman–Crippen LogP) is 1.91. The summed E-state index contributed by atoms with van der Waals surface area (Å²) < 4.78 is 0. The van der Waals surface area contributed by atoms with Crippen molar-refractivity contribution in [3.8, 4) is 6.07 Å². The zero-order chi connectivity index (χ0) is 9.14. The molecule has 0 aliphatic heterocycles. The Labute approximate surface area is 79.7 Å². The highest BCUT2D eigenvalue weighted by Crippen LogP contribution is 2.26. The lowest BCUT2D eigenvalue weighted by atomic mass is 10.1. The van der Waals surface area contributed by atoms with Crippen LogP contribution in [0.25, 0.3) is 0 Å². The van der Waals surface area contributed by atoms with Gasteiger partial charge in [0.25, 0.3) is 0 Å². The van der Waals surface area contributed by atoms with E-state index in [0.717, 1.165) is 0 Å². The molecule has 0 radical (unpaired) electrons. The molecule has 0 amide bonds. The summed E-state index contributed by atoms with van der Waals surface area (Å²) in [5, 5.41) is 9.06. The van der Waals surface area contributed by atoms with E-state index in [1.165, 1.54) is 6.20 Å². The molecule has 0 aliphatic rings. The predicted molar refractivity (Wildman–Crippen MR) is 46.8 cm³/mol. The van der Waals surface area contributed by atoms with Crippen LogP contribution in [-0.2, 0) is 0 Å². The summed E-state index contributed by atoms with van der Waals surface area (Å²) in [6.07, 6.45) is 1.46. The number of nitrogens with two attached hydrogens (primary N) is 1. The van der Waals surface area contributed by atoms with Gasteiger partial charge in [0.1, 0.15) is 11.2 Å². The molecule has 0 saturated heterocycles. The summed E-state index contributed by atoms with van der Waals surface area (Å²) in [6, 6.07) is 2.55. The molecule has 1 unspecified atom stereocenters. The second-order valence-electron chi connectivity index (χ2n) is 2.10. The van der Waals surface area contributed by atoms with E-state index in [9.17, 15) is 0 Å². The maximum absolute atomic E-state index is 8.52. The molecule has 0 bridgehead atoms. The molecule has 0 aliphatic carbocycles. The van der Waals surface area contributed by atoms with Crippen LogP contribution in [0.1, 0.15) is 11.6 Å². The Morgan fingerprint density at radius 1 is 1.58 bits per heavy atom. The Balaban J connectivity index is 3.23. The van der Waals surface area contributed by atoms with Gasteiger partial charge in [0.15, 0.2) is 0 Å². The fraction of sp³-hybridized carbons (Fsp3) is 0.143. The van der Waals surface area contributed by atoms with Crippen molar-refractivity contribution in [3.05, 3.63) is 28.0 Å². The molecule has 1 atom stereocenters. The van der Waals surface area contributed by atoms with Crippen LogP contribution in [0.3, 0.4) is 0 Å². The Kier molecular flexibility index (Phi) is 2.88. The molecule has 2 N–H and O–H groups in total. The molecule has 0 fully saturated rings. The Morgan fingerprint density at radius 3 is 2.75 bits per heavy atom. The van der Waals surface area contributed by atoms with E-state index < -0.39 is 6.04 Å². The van der Waals surface area contributed by atoms with Crippen LogP contribution in [0.5, 0.6) is 0 Å². The lowest BCUT2D eigenvalue weighted by molar-refractivity contribution is 0.916. The van der Waals surface area contributed by atoms with E-state index in [1.54, 1.807) is 6.07 Å². The van der Waals surface area contributed by atoms with Gasteiger partial charge in [-0.25, -0.2) is 4.98 Å². The number of hydrogen-bond donors (Lipinski definition) is 1. The molecule has 1 heterocycles. The fourth-order valence-corrected chi connectivity index (χ4v) is 1.35. The maximum atomic E-state index is 8.52. The van der Waals surface area contributed by atoms with Crippen LogP contribution in [0, 0.1) is 11.3 Å². The summed E-state index contributed by atoms with van der Waals surface area (Å²) in [7, 11) is 0. The van der Waals surface area contributed by atoms with Crippen LogP contribution in [0.4, 0.5) is 0 Å². The van der Waals surface area contributed by atoms with Gasteiger partial charge in [0.05, 0.1) is 11.1 Å². The van der Waals surface area contributed by atoms with Gasteiger partial charge < -0.3 is 5.73 Å². The van der Waals surface area contributed by atoms with E-state index in [0.29, 0.717) is 10.6 Å². The first-order chi connectivity index (χ1) is 5.66. The number of rotatable bonds is 1. The SMILES string of the molecule is N#CC(N)c1c(Cl)ccnc1Cl. The highest BCUT2D eigenvalue weighted by atomic mass is 35.5. The average Bonchev–Trinajstić information content (AvgIpc) is 2.03. The van der Waals surface area contributed by atoms with Crippen molar-refractivity contribution in [1.82, 2.24) is 4.98 Å². The van der Waals surface area contributed by atoms with Crippen LogP contribution in [0.15, 0.2) is 12.3 Å². The van der Waals surface area contributed by atoms with Gasteiger partial charge in [-0.2, -0.15) is 5.26 Å². The van der Waals surface area contributed by atoms with E-state index in [-0.39, 0.29) is 5.15 Å². The minimum Gasteiger partial charge on any atom is -0.312 e. The van der Waals surface area contributed by atoms with Gasteiger partial charge in [-0.15, -0.1) is 0 Å². The van der Waals surface area contributed by atoms with Crippen LogP contribution in [0.2, 0.25) is 10.2 Å². The maximum Gasteiger partial charge on any atom is 0.136 e. The summed E-state index contributed by atoms with van der Waals surface area (Å²) in [6.45, 7) is 0. The number of pyridine rings is 1. The van der Waals surface area contributed by atoms with E-state index >= 15 is 0 Å². The van der Waals surface area contributed by atoms with Crippen molar-refractivity contribution >= 4 is 23.2 Å². The van der Waals surface area contributed by atoms with Gasteiger partial charge in [0.2, 0.25) is 0 Å². The van der Waals surface area contributed by atoms with Crippen molar-refractivity contribution in [2.24, 2.45) is 5.73 Å². The minimum atomic E-state index is -0.821. The molecule has 0 spiro atoms. The summed E-state index contributed by atoms with van der Waals surface area (Å²) in [4.78, 5) is 3.76. The molecule has 1 aromatic rings. The van der Waals surface area contributed by atoms with Crippen molar-refractivity contribution in [1.29, 1.82) is 5.26 Å². The second-order valence-corrected chi connectivity index (χ2v) is 2.87. The first kappa shape index (κ1) is 9.27. The molecule has 62 valence electrons. The van der Waals surface area contributed by atoms with Crippen molar-refractivity contribution < 1.29 is 0 Å². The third-order valence-corrected chi connectivity index (χ3v) is 1.97. The molecule has 12 heavy (non-hydrogen) atoms. The Morgan fingerprint density at radius 2 is 2.25 bits per heavy atom. The van der Waals surface area contributed by atoms with Crippen LogP contribution >= 0.6 is 23.2 Å². The highest BCUT2D eigenvalue weighted by molar-refractivity contribution is 6.35. The smallest absolute Gasteiger partial charge is 0.136 e. The van der Waals surface area contributed by atoms with Crippen LogP contribution < -0.4 is 5.73 Å². The minimum absolute atomic E-state index is 0.177. The molecule has 0 aromatic carbocycles. The first-order valence-corrected chi connectivity index (χ1v) is 3.87.